The van der Waals surface area contributed by atoms with Crippen LogP contribution in [0.2, 0.25) is 0 Å². The summed E-state index contributed by atoms with van der Waals surface area (Å²) in [4.78, 5) is 12.5. The van der Waals surface area contributed by atoms with E-state index in [2.05, 4.69) is 33.7 Å². The molecule has 0 amide bonds. The van der Waals surface area contributed by atoms with E-state index in [-0.39, 0.29) is 17.3 Å². The summed E-state index contributed by atoms with van der Waals surface area (Å²) >= 11 is 0. The fourth-order valence-corrected chi connectivity index (χ4v) is 3.10. The number of fused-ring (bicyclic) bond motifs is 1. The first-order valence-corrected chi connectivity index (χ1v) is 9.28. The number of anilines is 1. The Hall–Kier alpha value is -2.29. The van der Waals surface area contributed by atoms with E-state index in [1.807, 2.05) is 0 Å². The third kappa shape index (κ3) is 4.09. The number of imidazole rings is 1. The minimum absolute atomic E-state index is 0.0975. The molecule has 3 rings (SSSR count). The van der Waals surface area contributed by atoms with Gasteiger partial charge in [-0.25, -0.2) is 15.0 Å². The maximum Gasteiger partial charge on any atom is 0.209 e. The number of aliphatic hydroxyl groups is 4. The molecule has 1 saturated heterocycles. The quantitative estimate of drug-likeness (QED) is 0.317. The van der Waals surface area contributed by atoms with Gasteiger partial charge in [-0.05, 0) is 18.8 Å². The van der Waals surface area contributed by atoms with Crippen molar-refractivity contribution >= 4 is 17.0 Å². The Morgan fingerprint density at radius 2 is 2.07 bits per heavy atom. The van der Waals surface area contributed by atoms with Crippen molar-refractivity contribution in [3.05, 3.63) is 12.2 Å². The van der Waals surface area contributed by atoms with Crippen LogP contribution in [0.1, 0.15) is 44.7 Å². The fourth-order valence-electron chi connectivity index (χ4n) is 3.10. The molecule has 6 N–H and O–H groups in total. The summed E-state index contributed by atoms with van der Waals surface area (Å²) in [5.41, 5.74) is 6.51. The number of ether oxygens (including phenoxy) is 1. The molecule has 10 nitrogen and oxygen atoms in total. The summed E-state index contributed by atoms with van der Waals surface area (Å²) in [6.07, 6.45) is -0.319. The van der Waals surface area contributed by atoms with E-state index < -0.39 is 37.3 Å². The molecule has 1 aliphatic rings. The summed E-state index contributed by atoms with van der Waals surface area (Å²) in [5.74, 6) is 5.62. The molecule has 1 unspecified atom stereocenters. The van der Waals surface area contributed by atoms with Crippen LogP contribution < -0.4 is 5.73 Å². The second kappa shape index (κ2) is 8.81. The predicted molar refractivity (Wildman–Crippen MR) is 99.8 cm³/mol. The number of nitrogens with zero attached hydrogens (tertiary/aromatic N) is 4. The summed E-state index contributed by atoms with van der Waals surface area (Å²) in [6, 6.07) is 0. The number of aliphatic hydroxyl groups excluding tert-OH is 4. The lowest BCUT2D eigenvalue weighted by molar-refractivity contribution is -0.0511. The van der Waals surface area contributed by atoms with Gasteiger partial charge in [0.1, 0.15) is 29.9 Å². The van der Waals surface area contributed by atoms with Crippen LogP contribution in [0.4, 0.5) is 5.82 Å². The van der Waals surface area contributed by atoms with Crippen molar-refractivity contribution in [1.29, 1.82) is 0 Å². The normalized spacial score (nSPS) is 25.6. The lowest BCUT2D eigenvalue weighted by atomic mass is 10.1. The Kier molecular flexibility index (Phi) is 6.43. The summed E-state index contributed by atoms with van der Waals surface area (Å²) in [5, 5.41) is 39.4. The molecule has 0 spiro atoms. The van der Waals surface area contributed by atoms with Crippen LogP contribution in [-0.4, -0.2) is 71.0 Å². The average Bonchev–Trinajstić information content (AvgIpc) is 3.22. The molecule has 10 heteroatoms. The Morgan fingerprint density at radius 1 is 1.29 bits per heavy atom. The van der Waals surface area contributed by atoms with E-state index in [4.69, 9.17) is 10.5 Å². The lowest BCUT2D eigenvalue weighted by Crippen LogP contribution is -2.33. The molecule has 3 heterocycles. The van der Waals surface area contributed by atoms with Gasteiger partial charge in [-0.15, -0.1) is 0 Å². The van der Waals surface area contributed by atoms with Crippen LogP contribution in [-0.2, 0) is 4.74 Å². The maximum absolute atomic E-state index is 10.2. The van der Waals surface area contributed by atoms with Gasteiger partial charge in [0, 0.05) is 0 Å². The van der Waals surface area contributed by atoms with Gasteiger partial charge in [-0.2, -0.15) is 0 Å². The first kappa shape index (κ1) is 20.4. The molecule has 1 aliphatic heterocycles. The molecule has 1 fully saturated rings. The number of hydrogen-bond donors (Lipinski definition) is 5. The fraction of sp³-hybridized carbons (Fsp3) is 0.611. The van der Waals surface area contributed by atoms with E-state index in [0.717, 1.165) is 19.3 Å². The highest BCUT2D eigenvalue weighted by atomic mass is 16.6. The van der Waals surface area contributed by atoms with E-state index >= 15 is 0 Å². The minimum Gasteiger partial charge on any atom is -0.394 e. The Balaban J connectivity index is 1.88. The van der Waals surface area contributed by atoms with Crippen molar-refractivity contribution in [3.8, 4) is 11.8 Å². The summed E-state index contributed by atoms with van der Waals surface area (Å²) < 4.78 is 6.93. The largest absolute Gasteiger partial charge is 0.394 e. The van der Waals surface area contributed by atoms with Crippen LogP contribution in [0.25, 0.3) is 11.2 Å². The molecule has 0 bridgehead atoms. The molecule has 152 valence electrons. The highest BCUT2D eigenvalue weighted by Gasteiger charge is 2.44. The second-order valence-corrected chi connectivity index (χ2v) is 6.77. The number of unbranched alkanes of at least 4 members (excludes halogenated alkanes) is 2. The summed E-state index contributed by atoms with van der Waals surface area (Å²) in [6.45, 7) is 1.64. The number of nitrogen functional groups attached to an aromatic ring is 1. The highest BCUT2D eigenvalue weighted by molar-refractivity contribution is 5.82. The van der Waals surface area contributed by atoms with Gasteiger partial charge in [-0.3, -0.25) is 4.57 Å². The molecule has 0 aromatic carbocycles. The van der Waals surface area contributed by atoms with Gasteiger partial charge in [-0.1, -0.05) is 25.7 Å². The monoisotopic (exact) mass is 391 g/mol. The van der Waals surface area contributed by atoms with E-state index in [1.54, 1.807) is 0 Å². The standard InChI is InChI=1S/C18H25N5O5/c1-2-3-4-5-10(25)6-7-12-21-16(19)13-17(22-12)23(9-20-13)18-15(27)14(26)11(8-24)28-18/h9-11,14-15,18,24-27H,2-5,8H2,1H3,(H2,19,21,22)/t10?,11-,14-,15-,18-/m1/s1. The average molecular weight is 391 g/mol. The maximum atomic E-state index is 10.2. The first-order chi connectivity index (χ1) is 13.5. The molecular formula is C18H25N5O5. The third-order valence-electron chi connectivity index (χ3n) is 4.67. The number of aromatic nitrogens is 4. The first-order valence-electron chi connectivity index (χ1n) is 9.28. The lowest BCUT2D eigenvalue weighted by Gasteiger charge is -2.16. The third-order valence-corrected chi connectivity index (χ3v) is 4.67. The zero-order valence-electron chi connectivity index (χ0n) is 15.6. The molecule has 0 saturated carbocycles. The van der Waals surface area contributed by atoms with Crippen molar-refractivity contribution in [2.45, 2.75) is 63.3 Å². The van der Waals surface area contributed by atoms with Crippen LogP contribution in [0.5, 0.6) is 0 Å². The van der Waals surface area contributed by atoms with E-state index in [9.17, 15) is 20.4 Å². The van der Waals surface area contributed by atoms with Gasteiger partial charge in [0.05, 0.1) is 12.9 Å². The topological polar surface area (TPSA) is 160 Å². The van der Waals surface area contributed by atoms with Gasteiger partial charge in [0.15, 0.2) is 17.7 Å². The Bertz CT molecular complexity index is 876. The number of hydrogen-bond acceptors (Lipinski definition) is 9. The van der Waals surface area contributed by atoms with Gasteiger partial charge < -0.3 is 30.9 Å². The zero-order valence-corrected chi connectivity index (χ0v) is 15.6. The Morgan fingerprint density at radius 3 is 2.75 bits per heavy atom. The summed E-state index contributed by atoms with van der Waals surface area (Å²) in [7, 11) is 0. The van der Waals surface area contributed by atoms with E-state index in [0.29, 0.717) is 11.9 Å². The second-order valence-electron chi connectivity index (χ2n) is 6.77. The molecule has 0 radical (unpaired) electrons. The van der Waals surface area contributed by atoms with E-state index in [1.165, 1.54) is 10.9 Å². The number of rotatable bonds is 6. The van der Waals surface area contributed by atoms with Crippen LogP contribution in [0, 0.1) is 11.8 Å². The van der Waals surface area contributed by atoms with Crippen LogP contribution in [0.3, 0.4) is 0 Å². The molecule has 2 aromatic rings. The molecule has 28 heavy (non-hydrogen) atoms. The molecule has 0 aliphatic carbocycles. The SMILES string of the molecule is CCCCCC(O)C#Cc1nc(N)c2ncn([C@@H]3O[C@H](CO)[C@@H](O)[C@H]3O)c2n1. The van der Waals surface area contributed by atoms with Crippen molar-refractivity contribution in [2.24, 2.45) is 0 Å². The van der Waals surface area contributed by atoms with Crippen molar-refractivity contribution in [1.82, 2.24) is 19.5 Å². The Labute approximate surface area is 162 Å². The smallest absolute Gasteiger partial charge is 0.209 e. The molecular weight excluding hydrogens is 366 g/mol. The van der Waals surface area contributed by atoms with Crippen molar-refractivity contribution in [2.75, 3.05) is 12.3 Å². The molecule has 5 atom stereocenters. The highest BCUT2D eigenvalue weighted by Crippen LogP contribution is 2.31. The van der Waals surface area contributed by atoms with Gasteiger partial charge in [0.2, 0.25) is 5.82 Å². The molecule has 2 aromatic heterocycles. The van der Waals surface area contributed by atoms with Gasteiger partial charge in [0.25, 0.3) is 0 Å². The van der Waals surface area contributed by atoms with Crippen LogP contribution >= 0.6 is 0 Å². The van der Waals surface area contributed by atoms with Crippen molar-refractivity contribution < 1.29 is 25.2 Å². The predicted octanol–water partition coefficient (Wildman–Crippen LogP) is -0.687. The van der Waals surface area contributed by atoms with Crippen LogP contribution in [0.15, 0.2) is 6.33 Å². The van der Waals surface area contributed by atoms with Crippen molar-refractivity contribution in [3.63, 3.8) is 0 Å². The van der Waals surface area contributed by atoms with Gasteiger partial charge >= 0.3 is 0 Å². The number of nitrogens with two attached hydrogens (primary N) is 1. The zero-order chi connectivity index (χ0) is 20.3. The minimum atomic E-state index is -1.28.